The fraction of sp³-hybridized carbons (Fsp3) is 0.429. The SMILES string of the molecule is O[C@@H](CN1CCC2(CC1)C[C@H](O)c1cc(F)ccc1O2)c1ccc(F)c(F)c1. The quantitative estimate of drug-likeness (QED) is 0.838. The number of piperidine rings is 1. The molecule has 150 valence electrons. The zero-order valence-electron chi connectivity index (χ0n) is 15.2. The summed E-state index contributed by atoms with van der Waals surface area (Å²) in [7, 11) is 0. The highest BCUT2D eigenvalue weighted by molar-refractivity contribution is 5.38. The van der Waals surface area contributed by atoms with Gasteiger partial charge < -0.3 is 19.8 Å². The number of nitrogens with zero attached hydrogens (tertiary/aromatic N) is 1. The van der Waals surface area contributed by atoms with Crippen molar-refractivity contribution in [3.8, 4) is 5.75 Å². The van der Waals surface area contributed by atoms with Crippen LogP contribution in [0.25, 0.3) is 0 Å². The maximum Gasteiger partial charge on any atom is 0.159 e. The van der Waals surface area contributed by atoms with Crippen molar-refractivity contribution >= 4 is 0 Å². The van der Waals surface area contributed by atoms with Crippen LogP contribution in [0.4, 0.5) is 13.2 Å². The number of aliphatic hydroxyl groups excluding tert-OH is 2. The number of ether oxygens (including phenoxy) is 1. The Morgan fingerprint density at radius 1 is 1.07 bits per heavy atom. The summed E-state index contributed by atoms with van der Waals surface area (Å²) < 4.78 is 46.0. The molecule has 2 aromatic carbocycles. The van der Waals surface area contributed by atoms with E-state index in [-0.39, 0.29) is 0 Å². The lowest BCUT2D eigenvalue weighted by atomic mass is 9.81. The van der Waals surface area contributed by atoms with Crippen molar-refractivity contribution in [1.29, 1.82) is 0 Å². The Hall–Kier alpha value is -2.09. The van der Waals surface area contributed by atoms with Crippen LogP contribution in [-0.2, 0) is 0 Å². The van der Waals surface area contributed by atoms with Gasteiger partial charge in [0.2, 0.25) is 0 Å². The Morgan fingerprint density at radius 3 is 2.54 bits per heavy atom. The minimum absolute atomic E-state index is 0.297. The number of hydrogen-bond donors (Lipinski definition) is 2. The molecule has 2 aliphatic rings. The van der Waals surface area contributed by atoms with Crippen molar-refractivity contribution in [2.24, 2.45) is 0 Å². The molecule has 0 amide bonds. The van der Waals surface area contributed by atoms with Crippen LogP contribution in [0.2, 0.25) is 0 Å². The van der Waals surface area contributed by atoms with Crippen molar-refractivity contribution in [3.05, 3.63) is 65.0 Å². The normalized spacial score (nSPS) is 22.5. The standard InChI is InChI=1S/C21H22F3NO3/c22-14-2-4-20-15(10-14)18(26)11-21(28-20)5-7-25(8-6-21)12-19(27)13-1-3-16(23)17(24)9-13/h1-4,9-10,18-19,26-27H,5-8,11-12H2/t18-,19-/m0/s1. The molecule has 1 saturated heterocycles. The van der Waals surface area contributed by atoms with E-state index in [9.17, 15) is 23.4 Å². The van der Waals surface area contributed by atoms with E-state index < -0.39 is 35.3 Å². The minimum Gasteiger partial charge on any atom is -0.487 e. The first-order chi connectivity index (χ1) is 13.3. The number of halogens is 3. The van der Waals surface area contributed by atoms with Gasteiger partial charge in [-0.2, -0.15) is 0 Å². The van der Waals surface area contributed by atoms with Gasteiger partial charge in [-0.1, -0.05) is 6.07 Å². The third kappa shape index (κ3) is 3.74. The van der Waals surface area contributed by atoms with E-state index in [1.807, 2.05) is 4.90 Å². The molecule has 2 aromatic rings. The monoisotopic (exact) mass is 393 g/mol. The van der Waals surface area contributed by atoms with E-state index >= 15 is 0 Å². The first-order valence-corrected chi connectivity index (χ1v) is 9.37. The number of β-amino-alcohol motifs (C(OH)–C–C–N with tert-alkyl or cyclic N) is 1. The zero-order valence-corrected chi connectivity index (χ0v) is 15.2. The molecule has 0 bridgehead atoms. The van der Waals surface area contributed by atoms with Crippen LogP contribution in [0, 0.1) is 17.5 Å². The van der Waals surface area contributed by atoms with E-state index in [0.717, 1.165) is 12.1 Å². The molecule has 0 aromatic heterocycles. The molecule has 1 spiro atoms. The number of fused-ring (bicyclic) bond motifs is 1. The van der Waals surface area contributed by atoms with Gasteiger partial charge in [-0.3, -0.25) is 0 Å². The van der Waals surface area contributed by atoms with Crippen LogP contribution in [0.5, 0.6) is 5.75 Å². The van der Waals surface area contributed by atoms with Gasteiger partial charge in [0.1, 0.15) is 17.2 Å². The Labute approximate surface area is 161 Å². The van der Waals surface area contributed by atoms with Crippen molar-refractivity contribution in [2.45, 2.75) is 37.1 Å². The van der Waals surface area contributed by atoms with Crippen LogP contribution in [0.3, 0.4) is 0 Å². The van der Waals surface area contributed by atoms with Crippen LogP contribution >= 0.6 is 0 Å². The molecule has 28 heavy (non-hydrogen) atoms. The lowest BCUT2D eigenvalue weighted by molar-refractivity contribution is -0.0589. The number of likely N-dealkylation sites (tertiary alicyclic amines) is 1. The smallest absolute Gasteiger partial charge is 0.159 e. The Kier molecular flexibility index (Phi) is 5.07. The lowest BCUT2D eigenvalue weighted by Gasteiger charge is -2.46. The molecule has 2 N–H and O–H groups in total. The van der Waals surface area contributed by atoms with Crippen molar-refractivity contribution < 1.29 is 28.1 Å². The summed E-state index contributed by atoms with van der Waals surface area (Å²) >= 11 is 0. The van der Waals surface area contributed by atoms with Gasteiger partial charge in [-0.15, -0.1) is 0 Å². The number of hydrogen-bond acceptors (Lipinski definition) is 4. The average Bonchev–Trinajstić information content (AvgIpc) is 2.67. The minimum atomic E-state index is -0.978. The summed E-state index contributed by atoms with van der Waals surface area (Å²) in [6.07, 6.45) is -0.0238. The Bertz CT molecular complexity index is 868. The molecule has 0 unspecified atom stereocenters. The number of benzene rings is 2. The Balaban J connectivity index is 1.39. The van der Waals surface area contributed by atoms with E-state index in [0.29, 0.717) is 55.8 Å². The topological polar surface area (TPSA) is 52.9 Å². The molecule has 2 aliphatic heterocycles. The fourth-order valence-electron chi connectivity index (χ4n) is 4.13. The number of aliphatic hydroxyl groups is 2. The van der Waals surface area contributed by atoms with Gasteiger partial charge in [0.15, 0.2) is 11.6 Å². The van der Waals surface area contributed by atoms with Crippen molar-refractivity contribution in [3.63, 3.8) is 0 Å². The van der Waals surface area contributed by atoms with E-state index in [1.54, 1.807) is 6.07 Å². The van der Waals surface area contributed by atoms with Crippen molar-refractivity contribution in [1.82, 2.24) is 4.90 Å². The van der Waals surface area contributed by atoms with E-state index in [4.69, 9.17) is 4.74 Å². The Morgan fingerprint density at radius 2 is 1.82 bits per heavy atom. The third-order valence-electron chi connectivity index (χ3n) is 5.75. The second kappa shape index (κ2) is 7.39. The molecule has 0 radical (unpaired) electrons. The second-order valence-corrected chi connectivity index (χ2v) is 7.68. The third-order valence-corrected chi connectivity index (χ3v) is 5.75. The summed E-state index contributed by atoms with van der Waals surface area (Å²) in [6.45, 7) is 1.56. The van der Waals surface area contributed by atoms with Gasteiger partial charge in [0, 0.05) is 31.6 Å². The van der Waals surface area contributed by atoms with Crippen molar-refractivity contribution in [2.75, 3.05) is 19.6 Å². The summed E-state index contributed by atoms with van der Waals surface area (Å²) in [5.74, 6) is -1.81. The van der Waals surface area contributed by atoms with Crippen LogP contribution in [-0.4, -0.2) is 40.3 Å². The molecule has 0 saturated carbocycles. The fourth-order valence-corrected chi connectivity index (χ4v) is 4.13. The predicted octanol–water partition coefficient (Wildman–Crippen LogP) is 3.49. The predicted molar refractivity (Wildman–Crippen MR) is 96.3 cm³/mol. The molecule has 4 rings (SSSR count). The van der Waals surface area contributed by atoms with Gasteiger partial charge >= 0.3 is 0 Å². The highest BCUT2D eigenvalue weighted by Crippen LogP contribution is 2.44. The lowest BCUT2D eigenvalue weighted by Crippen LogP contribution is -2.51. The maximum absolute atomic E-state index is 13.4. The number of rotatable bonds is 3. The van der Waals surface area contributed by atoms with Gasteiger partial charge in [0.25, 0.3) is 0 Å². The van der Waals surface area contributed by atoms with Gasteiger partial charge in [-0.05, 0) is 48.7 Å². The second-order valence-electron chi connectivity index (χ2n) is 7.68. The maximum atomic E-state index is 13.4. The highest BCUT2D eigenvalue weighted by Gasteiger charge is 2.43. The van der Waals surface area contributed by atoms with Gasteiger partial charge in [0.05, 0.1) is 12.2 Å². The van der Waals surface area contributed by atoms with Crippen LogP contribution in [0.1, 0.15) is 42.6 Å². The average molecular weight is 393 g/mol. The van der Waals surface area contributed by atoms with Crippen LogP contribution in [0.15, 0.2) is 36.4 Å². The van der Waals surface area contributed by atoms with E-state index in [2.05, 4.69) is 0 Å². The molecule has 2 atom stereocenters. The summed E-state index contributed by atoms with van der Waals surface area (Å²) in [5, 5.41) is 20.8. The van der Waals surface area contributed by atoms with E-state index in [1.165, 1.54) is 18.2 Å². The highest BCUT2D eigenvalue weighted by atomic mass is 19.2. The molecule has 7 heteroatoms. The first-order valence-electron chi connectivity index (χ1n) is 9.37. The van der Waals surface area contributed by atoms with Crippen LogP contribution < -0.4 is 4.74 Å². The first kappa shape index (κ1) is 19.2. The molecule has 4 nitrogen and oxygen atoms in total. The largest absolute Gasteiger partial charge is 0.487 e. The molecule has 1 fully saturated rings. The molecule has 2 heterocycles. The molecule has 0 aliphatic carbocycles. The summed E-state index contributed by atoms with van der Waals surface area (Å²) in [4.78, 5) is 2.03. The molecular formula is C21H22F3NO3. The van der Waals surface area contributed by atoms with Gasteiger partial charge in [-0.25, -0.2) is 13.2 Å². The zero-order chi connectivity index (χ0) is 19.9. The molecular weight excluding hydrogens is 371 g/mol. The summed E-state index contributed by atoms with van der Waals surface area (Å²) in [5.41, 5.74) is 0.287. The summed E-state index contributed by atoms with van der Waals surface area (Å²) in [6, 6.07) is 7.58.